The van der Waals surface area contributed by atoms with Crippen LogP contribution in [0.4, 0.5) is 0 Å². The molecule has 164 valence electrons. The van der Waals surface area contributed by atoms with Crippen molar-refractivity contribution in [3.63, 3.8) is 0 Å². The number of amides is 1. The van der Waals surface area contributed by atoms with E-state index in [2.05, 4.69) is 0 Å². The SMILES string of the molecule is CCC1=C(C(=O)OC)[C@H](c2ccc(Cl)cc2)N2C(CC(=O)N3CCOCC3)=CSC2=N1. The Morgan fingerprint density at radius 1 is 1.26 bits per heavy atom. The van der Waals surface area contributed by atoms with E-state index in [1.165, 1.54) is 18.9 Å². The molecule has 0 radical (unpaired) electrons. The van der Waals surface area contributed by atoms with Gasteiger partial charge >= 0.3 is 5.97 Å². The van der Waals surface area contributed by atoms with Gasteiger partial charge in [-0.3, -0.25) is 4.79 Å². The van der Waals surface area contributed by atoms with Crippen LogP contribution in [0.2, 0.25) is 5.02 Å². The summed E-state index contributed by atoms with van der Waals surface area (Å²) in [7, 11) is 1.37. The standard InChI is InChI=1S/C22H24ClN3O4S/c1-3-17-19(21(28)29-2)20(14-4-6-15(23)7-5-14)26-16(13-31-22(26)24-17)12-18(27)25-8-10-30-11-9-25/h4-7,13,20H,3,8-12H2,1-2H3/t20-/m0/s1. The van der Waals surface area contributed by atoms with E-state index in [9.17, 15) is 9.59 Å². The second kappa shape index (κ2) is 9.46. The van der Waals surface area contributed by atoms with Crippen LogP contribution < -0.4 is 0 Å². The Morgan fingerprint density at radius 2 is 1.97 bits per heavy atom. The van der Waals surface area contributed by atoms with Gasteiger partial charge in [-0.1, -0.05) is 42.4 Å². The van der Waals surface area contributed by atoms with Crippen LogP contribution in [0.3, 0.4) is 0 Å². The number of benzene rings is 1. The van der Waals surface area contributed by atoms with Gasteiger partial charge in [-0.05, 0) is 29.5 Å². The van der Waals surface area contributed by atoms with Gasteiger partial charge in [0, 0.05) is 23.8 Å². The molecule has 4 rings (SSSR count). The van der Waals surface area contributed by atoms with Crippen LogP contribution in [0, 0.1) is 0 Å². The fraction of sp³-hybridized carbons (Fsp3) is 0.409. The first-order valence-corrected chi connectivity index (χ1v) is 11.4. The number of nitrogens with zero attached hydrogens (tertiary/aromatic N) is 3. The van der Waals surface area contributed by atoms with Crippen LogP contribution >= 0.6 is 23.4 Å². The Labute approximate surface area is 190 Å². The highest BCUT2D eigenvalue weighted by Crippen LogP contribution is 2.45. The van der Waals surface area contributed by atoms with Gasteiger partial charge in [-0.2, -0.15) is 0 Å². The first-order valence-electron chi connectivity index (χ1n) is 10.2. The molecular weight excluding hydrogens is 438 g/mol. The van der Waals surface area contributed by atoms with Gasteiger partial charge in [-0.15, -0.1) is 0 Å². The fourth-order valence-electron chi connectivity index (χ4n) is 3.95. The molecule has 31 heavy (non-hydrogen) atoms. The molecule has 3 aliphatic heterocycles. The maximum absolute atomic E-state index is 12.9. The minimum Gasteiger partial charge on any atom is -0.466 e. The van der Waals surface area contributed by atoms with Crippen LogP contribution in [0.15, 0.2) is 51.6 Å². The van der Waals surface area contributed by atoms with Crippen molar-refractivity contribution in [2.75, 3.05) is 33.4 Å². The predicted octanol–water partition coefficient (Wildman–Crippen LogP) is 3.73. The first-order chi connectivity index (χ1) is 15.0. The highest BCUT2D eigenvalue weighted by Gasteiger charge is 2.41. The van der Waals surface area contributed by atoms with Gasteiger partial charge in [0.15, 0.2) is 5.17 Å². The number of methoxy groups -OCH3 is 1. The Kier molecular flexibility index (Phi) is 6.69. The molecule has 7 nitrogen and oxygen atoms in total. The number of rotatable bonds is 5. The molecule has 1 saturated heterocycles. The summed E-state index contributed by atoms with van der Waals surface area (Å²) in [4.78, 5) is 34.3. The number of allylic oxidation sites excluding steroid dienone is 1. The van der Waals surface area contributed by atoms with E-state index in [1.807, 2.05) is 34.3 Å². The van der Waals surface area contributed by atoms with Gasteiger partial charge in [0.1, 0.15) is 0 Å². The molecule has 1 fully saturated rings. The van der Waals surface area contributed by atoms with Gasteiger partial charge in [0.2, 0.25) is 5.91 Å². The topological polar surface area (TPSA) is 71.4 Å². The van der Waals surface area contributed by atoms with Crippen LogP contribution in [-0.2, 0) is 19.1 Å². The van der Waals surface area contributed by atoms with Gasteiger partial charge in [-0.25, -0.2) is 9.79 Å². The number of hydrogen-bond acceptors (Lipinski definition) is 7. The molecule has 3 aliphatic rings. The molecule has 0 spiro atoms. The average molecular weight is 462 g/mol. The Hall–Kier alpha value is -2.29. The quantitative estimate of drug-likeness (QED) is 0.622. The molecule has 0 aliphatic carbocycles. The number of amidine groups is 1. The smallest absolute Gasteiger partial charge is 0.338 e. The molecule has 0 N–H and O–H groups in total. The summed E-state index contributed by atoms with van der Waals surface area (Å²) in [5.41, 5.74) is 2.88. The molecule has 3 heterocycles. The molecule has 0 aromatic heterocycles. The largest absolute Gasteiger partial charge is 0.466 e. The lowest BCUT2D eigenvalue weighted by Crippen LogP contribution is -2.42. The van der Waals surface area contributed by atoms with Gasteiger partial charge < -0.3 is 19.3 Å². The number of morpholine rings is 1. The van der Waals surface area contributed by atoms with Crippen LogP contribution in [0.1, 0.15) is 31.4 Å². The van der Waals surface area contributed by atoms with E-state index in [-0.39, 0.29) is 12.3 Å². The number of fused-ring (bicyclic) bond motifs is 1. The third-order valence-corrected chi connectivity index (χ3v) is 6.65. The van der Waals surface area contributed by atoms with Gasteiger partial charge in [0.05, 0.1) is 44.1 Å². The first kappa shape index (κ1) is 21.9. The molecule has 1 aromatic carbocycles. The number of carbonyl (C=O) groups excluding carboxylic acids is 2. The molecule has 0 bridgehead atoms. The summed E-state index contributed by atoms with van der Waals surface area (Å²) in [6.07, 6.45) is 0.820. The zero-order valence-electron chi connectivity index (χ0n) is 17.5. The van der Waals surface area contributed by atoms with E-state index in [0.29, 0.717) is 49.0 Å². The fourth-order valence-corrected chi connectivity index (χ4v) is 5.02. The Morgan fingerprint density at radius 3 is 2.61 bits per heavy atom. The number of esters is 1. The van der Waals surface area contributed by atoms with Crippen molar-refractivity contribution in [2.24, 2.45) is 4.99 Å². The highest BCUT2D eigenvalue weighted by molar-refractivity contribution is 8.16. The number of ether oxygens (including phenoxy) is 2. The Balaban J connectivity index is 1.71. The number of thioether (sulfide) groups is 1. The van der Waals surface area contributed by atoms with Crippen molar-refractivity contribution >= 4 is 40.4 Å². The van der Waals surface area contributed by atoms with E-state index < -0.39 is 12.0 Å². The maximum Gasteiger partial charge on any atom is 0.338 e. The normalized spacial score (nSPS) is 20.9. The van der Waals surface area contributed by atoms with Crippen molar-refractivity contribution in [2.45, 2.75) is 25.8 Å². The third-order valence-electron chi connectivity index (χ3n) is 5.51. The number of hydrogen-bond donors (Lipinski definition) is 0. The zero-order chi connectivity index (χ0) is 22.0. The molecule has 0 saturated carbocycles. The molecule has 1 amide bonds. The molecule has 1 atom stereocenters. The van der Waals surface area contributed by atoms with E-state index in [0.717, 1.165) is 16.4 Å². The number of aliphatic imine (C=N–C) groups is 1. The summed E-state index contributed by atoms with van der Waals surface area (Å²) in [5.74, 6) is -0.383. The van der Waals surface area contributed by atoms with E-state index in [1.54, 1.807) is 12.1 Å². The summed E-state index contributed by atoms with van der Waals surface area (Å²) in [6, 6.07) is 6.96. The van der Waals surface area contributed by atoms with Crippen molar-refractivity contribution in [3.8, 4) is 0 Å². The second-order valence-electron chi connectivity index (χ2n) is 7.32. The van der Waals surface area contributed by atoms with Gasteiger partial charge in [0.25, 0.3) is 0 Å². The minimum atomic E-state index is -0.439. The van der Waals surface area contributed by atoms with Crippen molar-refractivity contribution in [1.82, 2.24) is 9.80 Å². The number of carbonyl (C=O) groups is 2. The zero-order valence-corrected chi connectivity index (χ0v) is 19.0. The van der Waals surface area contributed by atoms with Crippen molar-refractivity contribution in [1.29, 1.82) is 0 Å². The molecule has 1 aromatic rings. The predicted molar refractivity (Wildman–Crippen MR) is 120 cm³/mol. The van der Waals surface area contributed by atoms with Crippen LogP contribution in [-0.4, -0.2) is 60.3 Å². The minimum absolute atomic E-state index is 0.0381. The lowest BCUT2D eigenvalue weighted by Gasteiger charge is -2.37. The Bertz CT molecular complexity index is 967. The lowest BCUT2D eigenvalue weighted by molar-refractivity contribution is -0.136. The third kappa shape index (κ3) is 4.37. The lowest BCUT2D eigenvalue weighted by atomic mass is 9.93. The van der Waals surface area contributed by atoms with E-state index in [4.69, 9.17) is 26.1 Å². The monoisotopic (exact) mass is 461 g/mol. The highest BCUT2D eigenvalue weighted by atomic mass is 35.5. The molecular formula is C22H24ClN3O4S. The van der Waals surface area contributed by atoms with Crippen molar-refractivity contribution in [3.05, 3.63) is 57.2 Å². The summed E-state index contributed by atoms with van der Waals surface area (Å²) in [5, 5.41) is 3.32. The number of halogens is 1. The average Bonchev–Trinajstić information content (AvgIpc) is 3.20. The summed E-state index contributed by atoms with van der Waals surface area (Å²) in [6.45, 7) is 4.26. The van der Waals surface area contributed by atoms with E-state index >= 15 is 0 Å². The van der Waals surface area contributed by atoms with Crippen molar-refractivity contribution < 1.29 is 19.1 Å². The summed E-state index contributed by atoms with van der Waals surface area (Å²) < 4.78 is 10.5. The maximum atomic E-state index is 12.9. The van der Waals surface area contributed by atoms with Crippen LogP contribution in [0.25, 0.3) is 0 Å². The second-order valence-corrected chi connectivity index (χ2v) is 8.59. The molecule has 9 heteroatoms. The van der Waals surface area contributed by atoms with Crippen LogP contribution in [0.5, 0.6) is 0 Å². The molecule has 0 unspecified atom stereocenters. The summed E-state index contributed by atoms with van der Waals surface area (Å²) >= 11 is 7.58.